The van der Waals surface area contributed by atoms with Crippen LogP contribution in [0.2, 0.25) is 0 Å². The Hall–Kier alpha value is -5.18. The van der Waals surface area contributed by atoms with Gasteiger partial charge in [0.15, 0.2) is 0 Å². The lowest BCUT2D eigenvalue weighted by molar-refractivity contribution is 1.18. The summed E-state index contributed by atoms with van der Waals surface area (Å²) in [6.07, 6.45) is 0. The molecule has 0 aliphatic rings. The molecule has 0 saturated carbocycles. The number of nitrogens with zero attached hydrogens (tertiary/aromatic N) is 1. The van der Waals surface area contributed by atoms with Gasteiger partial charge in [-0.15, -0.1) is 0 Å². The molecule has 0 spiro atoms. The Morgan fingerprint density at radius 3 is 1.59 bits per heavy atom. The summed E-state index contributed by atoms with van der Waals surface area (Å²) in [4.78, 5) is 0. The Balaban J connectivity index is 1.26. The van der Waals surface area contributed by atoms with Gasteiger partial charge in [0.05, 0.1) is 16.7 Å². The van der Waals surface area contributed by atoms with E-state index in [-0.39, 0.29) is 0 Å². The molecule has 1 nitrogen and oxygen atoms in total. The van der Waals surface area contributed by atoms with Crippen molar-refractivity contribution in [3.05, 3.63) is 174 Å². The highest BCUT2D eigenvalue weighted by molar-refractivity contribution is 9.10. The zero-order valence-electron chi connectivity index (χ0n) is 24.0. The number of fused-ring (bicyclic) bond motifs is 3. The SMILES string of the molecule is Brc1ccccc1-c1ccc(-c2ccc3c4ccccc4n(-c4ccccc4-c4ccc(-c5ccccc5)cc4)c3c2)cc1. The molecule has 0 aliphatic heterocycles. The van der Waals surface area contributed by atoms with Crippen LogP contribution in [0.3, 0.4) is 0 Å². The second-order valence-corrected chi connectivity index (χ2v) is 12.0. The maximum Gasteiger partial charge on any atom is 0.0547 e. The molecule has 44 heavy (non-hydrogen) atoms. The molecule has 208 valence electrons. The number of hydrogen-bond donors (Lipinski definition) is 0. The van der Waals surface area contributed by atoms with E-state index in [1.54, 1.807) is 0 Å². The van der Waals surface area contributed by atoms with Crippen molar-refractivity contribution < 1.29 is 0 Å². The summed E-state index contributed by atoms with van der Waals surface area (Å²) in [6.45, 7) is 0. The van der Waals surface area contributed by atoms with Gasteiger partial charge in [0, 0.05) is 20.8 Å². The predicted molar refractivity (Wildman–Crippen MR) is 190 cm³/mol. The number of rotatable bonds is 5. The number of halogens is 1. The second kappa shape index (κ2) is 11.1. The van der Waals surface area contributed by atoms with Crippen molar-refractivity contribution in [1.82, 2.24) is 4.57 Å². The van der Waals surface area contributed by atoms with Crippen LogP contribution < -0.4 is 0 Å². The fourth-order valence-electron chi connectivity index (χ4n) is 6.33. The first-order valence-corrected chi connectivity index (χ1v) is 15.7. The maximum atomic E-state index is 3.70. The number of para-hydroxylation sites is 2. The Morgan fingerprint density at radius 1 is 0.341 bits per heavy atom. The van der Waals surface area contributed by atoms with Crippen molar-refractivity contribution in [3.8, 4) is 50.2 Å². The fraction of sp³-hybridized carbons (Fsp3) is 0. The molecule has 0 radical (unpaired) electrons. The summed E-state index contributed by atoms with van der Waals surface area (Å²) in [5, 5.41) is 2.51. The third-order valence-electron chi connectivity index (χ3n) is 8.52. The summed E-state index contributed by atoms with van der Waals surface area (Å²) in [6, 6.07) is 61.1. The van der Waals surface area contributed by atoms with Crippen LogP contribution in [-0.4, -0.2) is 4.57 Å². The molecule has 8 aromatic rings. The van der Waals surface area contributed by atoms with Gasteiger partial charge in [-0.25, -0.2) is 0 Å². The molecule has 0 aliphatic carbocycles. The summed E-state index contributed by atoms with van der Waals surface area (Å²) in [5.74, 6) is 0. The molecule has 1 heterocycles. The largest absolute Gasteiger partial charge is 0.309 e. The molecule has 8 rings (SSSR count). The Morgan fingerprint density at radius 2 is 0.841 bits per heavy atom. The predicted octanol–water partition coefficient (Wildman–Crippen LogP) is 12.2. The highest BCUT2D eigenvalue weighted by Gasteiger charge is 2.16. The Labute approximate surface area is 265 Å². The van der Waals surface area contributed by atoms with E-state index >= 15 is 0 Å². The summed E-state index contributed by atoms with van der Waals surface area (Å²) >= 11 is 3.70. The highest BCUT2D eigenvalue weighted by Crippen LogP contribution is 2.38. The van der Waals surface area contributed by atoms with Crippen molar-refractivity contribution in [2.45, 2.75) is 0 Å². The summed E-state index contributed by atoms with van der Waals surface area (Å²) in [7, 11) is 0. The van der Waals surface area contributed by atoms with Crippen molar-refractivity contribution in [2.75, 3.05) is 0 Å². The Bertz CT molecular complexity index is 2260. The van der Waals surface area contributed by atoms with Gasteiger partial charge in [0.25, 0.3) is 0 Å². The molecule has 0 unspecified atom stereocenters. The van der Waals surface area contributed by atoms with Gasteiger partial charge < -0.3 is 4.57 Å². The van der Waals surface area contributed by atoms with Gasteiger partial charge in [-0.05, 0) is 63.2 Å². The zero-order valence-corrected chi connectivity index (χ0v) is 25.6. The molecule has 0 atom stereocenters. The van der Waals surface area contributed by atoms with E-state index in [9.17, 15) is 0 Å². The summed E-state index contributed by atoms with van der Waals surface area (Å²) < 4.78 is 3.54. The molecular weight excluding hydrogens is 598 g/mol. The van der Waals surface area contributed by atoms with Crippen LogP contribution in [0.1, 0.15) is 0 Å². The third-order valence-corrected chi connectivity index (χ3v) is 9.22. The lowest BCUT2D eigenvalue weighted by atomic mass is 9.98. The van der Waals surface area contributed by atoms with Gasteiger partial charge in [-0.3, -0.25) is 0 Å². The molecule has 0 fully saturated rings. The quantitative estimate of drug-likeness (QED) is 0.179. The smallest absolute Gasteiger partial charge is 0.0547 e. The van der Waals surface area contributed by atoms with Crippen LogP contribution >= 0.6 is 15.9 Å². The highest BCUT2D eigenvalue weighted by atomic mass is 79.9. The number of hydrogen-bond acceptors (Lipinski definition) is 0. The van der Waals surface area contributed by atoms with Crippen LogP contribution in [0.15, 0.2) is 174 Å². The molecule has 0 saturated heterocycles. The average molecular weight is 627 g/mol. The van der Waals surface area contributed by atoms with Crippen molar-refractivity contribution in [3.63, 3.8) is 0 Å². The topological polar surface area (TPSA) is 4.93 Å². The van der Waals surface area contributed by atoms with Crippen molar-refractivity contribution in [1.29, 1.82) is 0 Å². The second-order valence-electron chi connectivity index (χ2n) is 11.1. The standard InChI is InChI=1S/C42H28BrN/c43-39-15-7-4-12-35(39)32-22-20-31(21-23-32)34-26-27-38-37-14-6-9-17-41(37)44(42(38)28-34)40-16-8-5-13-36(40)33-24-18-30(19-25-33)29-10-2-1-3-11-29/h1-28H. The van der Waals surface area contributed by atoms with Crippen LogP contribution in [0.4, 0.5) is 0 Å². The van der Waals surface area contributed by atoms with E-state index in [2.05, 4.69) is 184 Å². The first kappa shape index (κ1) is 26.4. The normalized spacial score (nSPS) is 11.3. The number of aromatic nitrogens is 1. The van der Waals surface area contributed by atoms with E-state index < -0.39 is 0 Å². The minimum absolute atomic E-state index is 1.10. The molecule has 2 heteroatoms. The fourth-order valence-corrected chi connectivity index (χ4v) is 6.85. The van der Waals surface area contributed by atoms with Crippen LogP contribution in [0.5, 0.6) is 0 Å². The van der Waals surface area contributed by atoms with E-state index in [0.29, 0.717) is 0 Å². The lowest BCUT2D eigenvalue weighted by Crippen LogP contribution is -1.97. The molecule has 0 bridgehead atoms. The van der Waals surface area contributed by atoms with Gasteiger partial charge in [0.2, 0.25) is 0 Å². The average Bonchev–Trinajstić information content (AvgIpc) is 3.42. The minimum atomic E-state index is 1.10. The monoisotopic (exact) mass is 625 g/mol. The first-order chi connectivity index (χ1) is 21.7. The lowest BCUT2D eigenvalue weighted by Gasteiger charge is -2.15. The van der Waals surface area contributed by atoms with Crippen molar-refractivity contribution >= 4 is 37.7 Å². The van der Waals surface area contributed by atoms with Gasteiger partial charge in [0.1, 0.15) is 0 Å². The van der Waals surface area contributed by atoms with Gasteiger partial charge in [-0.2, -0.15) is 0 Å². The van der Waals surface area contributed by atoms with Crippen LogP contribution in [-0.2, 0) is 0 Å². The van der Waals surface area contributed by atoms with E-state index in [4.69, 9.17) is 0 Å². The number of benzene rings is 7. The molecule has 0 N–H and O–H groups in total. The van der Waals surface area contributed by atoms with Crippen LogP contribution in [0, 0.1) is 0 Å². The first-order valence-electron chi connectivity index (χ1n) is 14.9. The Kier molecular flexibility index (Phi) is 6.70. The maximum absolute atomic E-state index is 3.70. The summed E-state index contributed by atoms with van der Waals surface area (Å²) in [5.41, 5.74) is 13.2. The molecular formula is C42H28BrN. The van der Waals surface area contributed by atoms with E-state index in [1.807, 2.05) is 6.07 Å². The van der Waals surface area contributed by atoms with Gasteiger partial charge >= 0.3 is 0 Å². The van der Waals surface area contributed by atoms with E-state index in [1.165, 1.54) is 72.0 Å². The minimum Gasteiger partial charge on any atom is -0.309 e. The van der Waals surface area contributed by atoms with E-state index in [0.717, 1.165) is 4.47 Å². The van der Waals surface area contributed by atoms with Crippen molar-refractivity contribution in [2.24, 2.45) is 0 Å². The van der Waals surface area contributed by atoms with Crippen LogP contribution in [0.25, 0.3) is 72.0 Å². The zero-order chi connectivity index (χ0) is 29.5. The molecule has 0 amide bonds. The molecule has 1 aromatic heterocycles. The van der Waals surface area contributed by atoms with Gasteiger partial charge in [-0.1, -0.05) is 162 Å². The third kappa shape index (κ3) is 4.65. The molecule has 7 aromatic carbocycles.